The highest BCUT2D eigenvalue weighted by atomic mass is 35.5. The van der Waals surface area contributed by atoms with Crippen molar-refractivity contribution < 1.29 is 5.11 Å². The normalized spacial score (nSPS) is 16.3. The molecular weight excluding hydrogens is 456 g/mol. The molecule has 0 saturated carbocycles. The average molecular weight is 487 g/mol. The van der Waals surface area contributed by atoms with Crippen molar-refractivity contribution in [3.63, 3.8) is 0 Å². The van der Waals surface area contributed by atoms with Crippen molar-refractivity contribution in [2.75, 3.05) is 26.2 Å². The summed E-state index contributed by atoms with van der Waals surface area (Å²) in [5.41, 5.74) is 4.88. The van der Waals surface area contributed by atoms with E-state index in [1.54, 1.807) is 0 Å². The van der Waals surface area contributed by atoms with Crippen LogP contribution in [0.3, 0.4) is 0 Å². The number of piperazine rings is 1. The molecule has 35 heavy (non-hydrogen) atoms. The lowest BCUT2D eigenvalue weighted by Crippen LogP contribution is -2.52. The van der Waals surface area contributed by atoms with Gasteiger partial charge in [0.25, 0.3) is 0 Å². The molecular formula is C29H31ClN4O. The number of aliphatic hydroxyl groups is 1. The molecule has 2 unspecified atom stereocenters. The van der Waals surface area contributed by atoms with Crippen molar-refractivity contribution in [1.29, 1.82) is 0 Å². The Balaban J connectivity index is 1.59. The zero-order chi connectivity index (χ0) is 24.2. The molecule has 4 aromatic rings. The second-order valence-electron chi connectivity index (χ2n) is 9.12. The third-order valence-corrected chi connectivity index (χ3v) is 7.13. The molecule has 2 atom stereocenters. The van der Waals surface area contributed by atoms with E-state index in [0.717, 1.165) is 43.3 Å². The van der Waals surface area contributed by atoms with Crippen molar-refractivity contribution in [3.05, 3.63) is 112 Å². The van der Waals surface area contributed by atoms with E-state index < -0.39 is 6.10 Å². The summed E-state index contributed by atoms with van der Waals surface area (Å²) in [7, 11) is 0. The van der Waals surface area contributed by atoms with Gasteiger partial charge in [-0.05, 0) is 42.3 Å². The molecule has 0 amide bonds. The van der Waals surface area contributed by atoms with Gasteiger partial charge >= 0.3 is 0 Å². The highest BCUT2D eigenvalue weighted by Gasteiger charge is 2.38. The van der Waals surface area contributed by atoms with E-state index in [1.165, 1.54) is 11.1 Å². The van der Waals surface area contributed by atoms with Crippen LogP contribution in [0.2, 0.25) is 5.02 Å². The molecule has 0 aliphatic carbocycles. The molecule has 5 nitrogen and oxygen atoms in total. The van der Waals surface area contributed by atoms with Crippen LogP contribution in [0.5, 0.6) is 0 Å². The predicted molar refractivity (Wildman–Crippen MR) is 142 cm³/mol. The van der Waals surface area contributed by atoms with Gasteiger partial charge in [-0.2, -0.15) is 0 Å². The van der Waals surface area contributed by atoms with E-state index in [1.807, 2.05) is 43.3 Å². The zero-order valence-corrected chi connectivity index (χ0v) is 20.6. The zero-order valence-electron chi connectivity index (χ0n) is 19.9. The first-order valence-electron chi connectivity index (χ1n) is 12.2. The lowest BCUT2D eigenvalue weighted by molar-refractivity contribution is 0.0295. The fraction of sp³-hybridized carbons (Fsp3) is 0.276. The third kappa shape index (κ3) is 5.19. The molecule has 3 aromatic carbocycles. The Morgan fingerprint density at radius 2 is 1.43 bits per heavy atom. The molecule has 1 aromatic heterocycles. The summed E-state index contributed by atoms with van der Waals surface area (Å²) in [6.45, 7) is 5.51. The molecule has 1 saturated heterocycles. The number of aryl methyl sites for hydroxylation is 1. The Labute approximate surface area is 211 Å². The number of rotatable bonds is 7. The fourth-order valence-corrected chi connectivity index (χ4v) is 5.27. The van der Waals surface area contributed by atoms with Crippen LogP contribution < -0.4 is 5.32 Å². The fourth-order valence-electron chi connectivity index (χ4n) is 5.15. The molecule has 180 valence electrons. The standard InChI is InChI=1S/C29H31ClN4O/c1-20-26(33-29(32-20)23-12-14-24(30)15-13-23)28(35)27(34-18-16-31-17-19-34)25(21-8-4-2-5-9-21)22-10-6-3-7-11-22/h2-15,25,27-28,31,35H,16-19H2,1H3,(H,32,33). The minimum Gasteiger partial charge on any atom is -0.385 e. The molecule has 2 heterocycles. The SMILES string of the molecule is Cc1[nH]c(-c2ccc(Cl)cc2)nc1C(O)C(C(c1ccccc1)c1ccccc1)N1CCNCC1. The lowest BCUT2D eigenvalue weighted by Gasteiger charge is -2.42. The van der Waals surface area contributed by atoms with Crippen LogP contribution in [0.25, 0.3) is 11.4 Å². The molecule has 1 aliphatic heterocycles. The Kier molecular flexibility index (Phi) is 7.30. The van der Waals surface area contributed by atoms with Gasteiger partial charge in [0.05, 0.1) is 11.7 Å². The summed E-state index contributed by atoms with van der Waals surface area (Å²) >= 11 is 6.08. The summed E-state index contributed by atoms with van der Waals surface area (Å²) in [6.07, 6.45) is -0.782. The van der Waals surface area contributed by atoms with Crippen molar-refractivity contribution in [2.45, 2.75) is 25.0 Å². The van der Waals surface area contributed by atoms with Gasteiger partial charge in [0.2, 0.25) is 0 Å². The van der Waals surface area contributed by atoms with Crippen molar-refractivity contribution in [1.82, 2.24) is 20.2 Å². The molecule has 5 rings (SSSR count). The maximum atomic E-state index is 12.0. The Morgan fingerprint density at radius 3 is 2.00 bits per heavy atom. The van der Waals surface area contributed by atoms with Gasteiger partial charge in [0.15, 0.2) is 0 Å². The summed E-state index contributed by atoms with van der Waals surface area (Å²) in [5.74, 6) is 0.726. The first kappa shape index (κ1) is 23.8. The minimum absolute atomic E-state index is 0.0134. The third-order valence-electron chi connectivity index (χ3n) is 6.88. The van der Waals surface area contributed by atoms with Crippen molar-refractivity contribution in [3.8, 4) is 11.4 Å². The van der Waals surface area contributed by atoms with Gasteiger partial charge in [0, 0.05) is 48.4 Å². The van der Waals surface area contributed by atoms with Crippen LogP contribution in [-0.4, -0.2) is 52.2 Å². The first-order valence-corrected chi connectivity index (χ1v) is 12.5. The number of halogens is 1. The van der Waals surface area contributed by atoms with Crippen LogP contribution in [0.1, 0.15) is 34.5 Å². The molecule has 1 fully saturated rings. The Morgan fingerprint density at radius 1 is 0.857 bits per heavy atom. The van der Waals surface area contributed by atoms with Gasteiger partial charge < -0.3 is 15.4 Å². The van der Waals surface area contributed by atoms with Crippen LogP contribution in [0.15, 0.2) is 84.9 Å². The maximum absolute atomic E-state index is 12.0. The van der Waals surface area contributed by atoms with E-state index in [4.69, 9.17) is 16.6 Å². The smallest absolute Gasteiger partial charge is 0.137 e. The van der Waals surface area contributed by atoms with Crippen molar-refractivity contribution in [2.24, 2.45) is 0 Å². The van der Waals surface area contributed by atoms with Gasteiger partial charge in [-0.1, -0.05) is 72.3 Å². The number of H-pyrrole nitrogens is 1. The van der Waals surface area contributed by atoms with Crippen LogP contribution in [0.4, 0.5) is 0 Å². The topological polar surface area (TPSA) is 64.2 Å². The summed E-state index contributed by atoms with van der Waals surface area (Å²) in [5, 5.41) is 16.2. The quantitative estimate of drug-likeness (QED) is 0.337. The number of imidazole rings is 1. The molecule has 0 bridgehead atoms. The summed E-state index contributed by atoms with van der Waals surface area (Å²) < 4.78 is 0. The molecule has 0 spiro atoms. The summed E-state index contributed by atoms with van der Waals surface area (Å²) in [4.78, 5) is 10.7. The van der Waals surface area contributed by atoms with E-state index >= 15 is 0 Å². The van der Waals surface area contributed by atoms with Gasteiger partial charge in [0.1, 0.15) is 11.9 Å². The molecule has 1 aliphatic rings. The predicted octanol–water partition coefficient (Wildman–Crippen LogP) is 5.18. The van der Waals surface area contributed by atoms with E-state index in [2.05, 4.69) is 63.7 Å². The second-order valence-corrected chi connectivity index (χ2v) is 9.56. The minimum atomic E-state index is -0.782. The highest BCUT2D eigenvalue weighted by molar-refractivity contribution is 6.30. The Hall–Kier alpha value is -2.96. The Bertz CT molecular complexity index is 1180. The van der Waals surface area contributed by atoms with E-state index in [-0.39, 0.29) is 12.0 Å². The van der Waals surface area contributed by atoms with Crippen LogP contribution in [0, 0.1) is 6.92 Å². The molecule has 6 heteroatoms. The van der Waals surface area contributed by atoms with E-state index in [9.17, 15) is 5.11 Å². The largest absolute Gasteiger partial charge is 0.385 e. The van der Waals surface area contributed by atoms with Gasteiger partial charge in [-0.3, -0.25) is 4.90 Å². The highest BCUT2D eigenvalue weighted by Crippen LogP contribution is 2.38. The summed E-state index contributed by atoms with van der Waals surface area (Å²) in [6, 6.07) is 28.5. The number of aromatic nitrogens is 2. The van der Waals surface area contributed by atoms with Crippen LogP contribution >= 0.6 is 11.6 Å². The van der Waals surface area contributed by atoms with Gasteiger partial charge in [-0.25, -0.2) is 4.98 Å². The van der Waals surface area contributed by atoms with E-state index in [0.29, 0.717) is 10.7 Å². The lowest BCUT2D eigenvalue weighted by atomic mass is 9.80. The number of aliphatic hydroxyl groups excluding tert-OH is 1. The maximum Gasteiger partial charge on any atom is 0.137 e. The number of nitrogens with one attached hydrogen (secondary N) is 2. The molecule has 3 N–H and O–H groups in total. The molecule has 0 radical (unpaired) electrons. The van der Waals surface area contributed by atoms with Crippen LogP contribution in [-0.2, 0) is 0 Å². The number of hydrogen-bond donors (Lipinski definition) is 3. The first-order chi connectivity index (χ1) is 17.1. The average Bonchev–Trinajstić information content (AvgIpc) is 3.30. The monoisotopic (exact) mass is 486 g/mol. The van der Waals surface area contributed by atoms with Crippen molar-refractivity contribution >= 4 is 11.6 Å². The van der Waals surface area contributed by atoms with Gasteiger partial charge in [-0.15, -0.1) is 0 Å². The number of nitrogens with zero attached hydrogens (tertiary/aromatic N) is 2. The number of benzene rings is 3. The number of hydrogen-bond acceptors (Lipinski definition) is 4. The number of aromatic amines is 1. The second kappa shape index (κ2) is 10.8.